The first kappa shape index (κ1) is 15.3. The quantitative estimate of drug-likeness (QED) is 0.791. The number of carbonyl (C=O) groups excluding carboxylic acids is 1. The maximum absolute atomic E-state index is 12.0. The monoisotopic (exact) mass is 326 g/mol. The molecule has 2 fully saturated rings. The standard InChI is InChI=1S/C19H18O5/c20-18-17-16(23-19(24-17)14-9-5-2-6-10-14)15(22-18)12-21-11-13-7-3-1-4-8-13/h1-10,15-17,19H,11-12H2/t15-,16-,17-,19-/m1/s1. The minimum atomic E-state index is -0.680. The molecule has 0 bridgehead atoms. The van der Waals surface area contributed by atoms with Crippen molar-refractivity contribution in [2.45, 2.75) is 31.2 Å². The van der Waals surface area contributed by atoms with Crippen molar-refractivity contribution in [2.24, 2.45) is 0 Å². The van der Waals surface area contributed by atoms with Gasteiger partial charge >= 0.3 is 5.97 Å². The Labute approximate surface area is 140 Å². The SMILES string of the molecule is O=C1O[C@H](COCc2ccccc2)[C@H]2O[C@@H](c3ccccc3)O[C@@H]12. The van der Waals surface area contributed by atoms with Gasteiger partial charge in [0.1, 0.15) is 6.10 Å². The highest BCUT2D eigenvalue weighted by Crippen LogP contribution is 2.37. The van der Waals surface area contributed by atoms with Gasteiger partial charge in [0, 0.05) is 5.56 Å². The van der Waals surface area contributed by atoms with Crippen molar-refractivity contribution in [2.75, 3.05) is 6.61 Å². The summed E-state index contributed by atoms with van der Waals surface area (Å²) in [6, 6.07) is 19.4. The number of fused-ring (bicyclic) bond motifs is 1. The predicted molar refractivity (Wildman–Crippen MR) is 84.9 cm³/mol. The van der Waals surface area contributed by atoms with E-state index in [9.17, 15) is 4.79 Å². The summed E-state index contributed by atoms with van der Waals surface area (Å²) in [6.45, 7) is 0.752. The molecule has 2 saturated heterocycles. The van der Waals surface area contributed by atoms with Crippen LogP contribution in [0, 0.1) is 0 Å². The van der Waals surface area contributed by atoms with Crippen LogP contribution in [0.1, 0.15) is 17.4 Å². The zero-order chi connectivity index (χ0) is 16.4. The summed E-state index contributed by atoms with van der Waals surface area (Å²) in [5, 5.41) is 0. The van der Waals surface area contributed by atoms with Crippen molar-refractivity contribution in [1.82, 2.24) is 0 Å². The largest absolute Gasteiger partial charge is 0.455 e. The molecule has 5 heteroatoms. The van der Waals surface area contributed by atoms with Crippen molar-refractivity contribution in [3.63, 3.8) is 0 Å². The van der Waals surface area contributed by atoms with E-state index in [1.807, 2.05) is 60.7 Å². The van der Waals surface area contributed by atoms with Crippen molar-refractivity contribution >= 4 is 5.97 Å². The molecule has 4 atom stereocenters. The molecule has 0 spiro atoms. The van der Waals surface area contributed by atoms with Gasteiger partial charge < -0.3 is 18.9 Å². The summed E-state index contributed by atoms with van der Waals surface area (Å²) in [6.07, 6.45) is -2.09. The molecule has 0 aliphatic carbocycles. The second kappa shape index (κ2) is 6.73. The average molecular weight is 326 g/mol. The Bertz CT molecular complexity index is 687. The zero-order valence-electron chi connectivity index (χ0n) is 13.0. The van der Waals surface area contributed by atoms with Gasteiger partial charge in [-0.3, -0.25) is 0 Å². The molecule has 0 N–H and O–H groups in total. The van der Waals surface area contributed by atoms with Gasteiger partial charge in [0.05, 0.1) is 13.2 Å². The first-order chi connectivity index (χ1) is 11.8. The minimum absolute atomic E-state index is 0.284. The molecule has 2 heterocycles. The van der Waals surface area contributed by atoms with E-state index in [0.717, 1.165) is 11.1 Å². The number of ether oxygens (including phenoxy) is 4. The van der Waals surface area contributed by atoms with E-state index >= 15 is 0 Å². The molecule has 2 aromatic rings. The highest BCUT2D eigenvalue weighted by atomic mass is 16.8. The van der Waals surface area contributed by atoms with E-state index in [0.29, 0.717) is 6.61 Å². The Morgan fingerprint density at radius 2 is 1.62 bits per heavy atom. The Balaban J connectivity index is 1.36. The Morgan fingerprint density at radius 3 is 2.38 bits per heavy atom. The molecule has 124 valence electrons. The second-order valence-corrected chi connectivity index (χ2v) is 5.88. The fourth-order valence-electron chi connectivity index (χ4n) is 2.98. The van der Waals surface area contributed by atoms with E-state index in [1.165, 1.54) is 0 Å². The van der Waals surface area contributed by atoms with Gasteiger partial charge in [0.25, 0.3) is 0 Å². The van der Waals surface area contributed by atoms with Crippen LogP contribution >= 0.6 is 0 Å². The third kappa shape index (κ3) is 3.06. The molecule has 0 aromatic heterocycles. The number of hydrogen-bond donors (Lipinski definition) is 0. The van der Waals surface area contributed by atoms with Crippen molar-refractivity contribution in [3.05, 3.63) is 71.8 Å². The molecule has 0 saturated carbocycles. The number of benzene rings is 2. The maximum atomic E-state index is 12.0. The second-order valence-electron chi connectivity index (χ2n) is 5.88. The Morgan fingerprint density at radius 1 is 0.917 bits per heavy atom. The summed E-state index contributed by atoms with van der Waals surface area (Å²) < 4.78 is 22.7. The lowest BCUT2D eigenvalue weighted by Gasteiger charge is -2.17. The van der Waals surface area contributed by atoms with Crippen LogP contribution in [0.15, 0.2) is 60.7 Å². The molecular weight excluding hydrogens is 308 g/mol. The molecule has 24 heavy (non-hydrogen) atoms. The highest BCUT2D eigenvalue weighted by molar-refractivity contribution is 5.78. The number of rotatable bonds is 5. The zero-order valence-corrected chi connectivity index (χ0v) is 13.0. The average Bonchev–Trinajstić information content (AvgIpc) is 3.18. The van der Waals surface area contributed by atoms with Crippen LogP contribution in [0.25, 0.3) is 0 Å². The molecule has 0 amide bonds. The van der Waals surface area contributed by atoms with E-state index in [2.05, 4.69) is 0 Å². The molecule has 4 rings (SSSR count). The summed E-state index contributed by atoms with van der Waals surface area (Å²) in [4.78, 5) is 12.0. The topological polar surface area (TPSA) is 54.0 Å². The molecule has 2 aromatic carbocycles. The van der Waals surface area contributed by atoms with E-state index in [4.69, 9.17) is 18.9 Å². The number of esters is 1. The van der Waals surface area contributed by atoms with E-state index in [-0.39, 0.29) is 12.6 Å². The third-order valence-corrected chi connectivity index (χ3v) is 4.18. The summed E-state index contributed by atoms with van der Waals surface area (Å²) in [5.74, 6) is -0.383. The summed E-state index contributed by atoms with van der Waals surface area (Å²) in [7, 11) is 0. The van der Waals surface area contributed by atoms with Crippen LogP contribution < -0.4 is 0 Å². The van der Waals surface area contributed by atoms with Crippen LogP contribution in [0.3, 0.4) is 0 Å². The lowest BCUT2D eigenvalue weighted by molar-refractivity contribution is -0.166. The van der Waals surface area contributed by atoms with Gasteiger partial charge in [-0.15, -0.1) is 0 Å². The Kier molecular flexibility index (Phi) is 4.30. The van der Waals surface area contributed by atoms with Crippen molar-refractivity contribution < 1.29 is 23.7 Å². The van der Waals surface area contributed by atoms with Crippen LogP contribution in [-0.4, -0.2) is 30.9 Å². The Hall–Kier alpha value is -2.21. The molecule has 5 nitrogen and oxygen atoms in total. The smallest absolute Gasteiger partial charge is 0.338 e. The lowest BCUT2D eigenvalue weighted by Crippen LogP contribution is -2.31. The van der Waals surface area contributed by atoms with Gasteiger partial charge in [0.15, 0.2) is 18.5 Å². The van der Waals surface area contributed by atoms with Crippen LogP contribution in [-0.2, 0) is 30.3 Å². The predicted octanol–water partition coefficient (Wildman–Crippen LogP) is 2.61. The first-order valence-electron chi connectivity index (χ1n) is 7.99. The number of cyclic esters (lactones) is 1. The molecule has 0 radical (unpaired) electrons. The summed E-state index contributed by atoms with van der Waals surface area (Å²) >= 11 is 0. The first-order valence-corrected chi connectivity index (χ1v) is 7.99. The molecular formula is C19H18O5. The van der Waals surface area contributed by atoms with E-state index < -0.39 is 24.6 Å². The van der Waals surface area contributed by atoms with Gasteiger partial charge in [-0.25, -0.2) is 4.79 Å². The number of hydrogen-bond acceptors (Lipinski definition) is 5. The van der Waals surface area contributed by atoms with E-state index in [1.54, 1.807) is 0 Å². The van der Waals surface area contributed by atoms with Crippen LogP contribution in [0.2, 0.25) is 0 Å². The van der Waals surface area contributed by atoms with Crippen LogP contribution in [0.4, 0.5) is 0 Å². The van der Waals surface area contributed by atoms with Gasteiger partial charge in [0.2, 0.25) is 0 Å². The fraction of sp³-hybridized carbons (Fsp3) is 0.316. The fourth-order valence-corrected chi connectivity index (χ4v) is 2.98. The third-order valence-electron chi connectivity index (χ3n) is 4.18. The van der Waals surface area contributed by atoms with Crippen LogP contribution in [0.5, 0.6) is 0 Å². The van der Waals surface area contributed by atoms with Crippen molar-refractivity contribution in [3.8, 4) is 0 Å². The van der Waals surface area contributed by atoms with Crippen molar-refractivity contribution in [1.29, 1.82) is 0 Å². The highest BCUT2D eigenvalue weighted by Gasteiger charge is 2.53. The molecule has 2 aliphatic heterocycles. The normalized spacial score (nSPS) is 28.6. The van der Waals surface area contributed by atoms with Gasteiger partial charge in [-0.05, 0) is 5.56 Å². The van der Waals surface area contributed by atoms with Gasteiger partial charge in [-0.2, -0.15) is 0 Å². The number of carbonyl (C=O) groups is 1. The van der Waals surface area contributed by atoms with Gasteiger partial charge in [-0.1, -0.05) is 60.7 Å². The summed E-state index contributed by atoms with van der Waals surface area (Å²) in [5.41, 5.74) is 1.97. The molecule has 0 unspecified atom stereocenters. The molecule has 2 aliphatic rings. The lowest BCUT2D eigenvalue weighted by atomic mass is 10.1. The minimum Gasteiger partial charge on any atom is -0.455 e. The maximum Gasteiger partial charge on any atom is 0.338 e.